The Bertz CT molecular complexity index is 584. The number of halogens is 2. The van der Waals surface area contributed by atoms with Crippen LogP contribution in [0.25, 0.3) is 0 Å². The number of nitrogens with one attached hydrogen (secondary N) is 1. The van der Waals surface area contributed by atoms with Gasteiger partial charge in [-0.15, -0.1) is 0 Å². The first-order valence-corrected chi connectivity index (χ1v) is 7.87. The van der Waals surface area contributed by atoms with Gasteiger partial charge in [0.2, 0.25) is 5.91 Å². The molecule has 3 nitrogen and oxygen atoms in total. The topological polar surface area (TPSA) is 32.3 Å². The van der Waals surface area contributed by atoms with E-state index < -0.39 is 17.7 Å². The monoisotopic (exact) mass is 308 g/mol. The van der Waals surface area contributed by atoms with Gasteiger partial charge in [0, 0.05) is 18.5 Å². The molecule has 1 saturated carbocycles. The predicted octanol–water partition coefficient (Wildman–Crippen LogP) is 2.87. The lowest BCUT2D eigenvalue weighted by atomic mass is 9.91. The molecule has 3 rings (SSSR count). The molecule has 22 heavy (non-hydrogen) atoms. The standard InChI is InChI=1S/C17H22F2N2O/c1-11(13-9-12(18)3-4-15(13)19)21(2)16(22)14-10-17(14)5-7-20-8-6-17/h3-4,9,11,14,20H,5-8,10H2,1-2H3/t11-,14-/m1/s1. The minimum atomic E-state index is -0.481. The van der Waals surface area contributed by atoms with Crippen LogP contribution in [0.4, 0.5) is 8.78 Å². The number of hydrogen-bond acceptors (Lipinski definition) is 2. The summed E-state index contributed by atoms with van der Waals surface area (Å²) in [6, 6.07) is 2.92. The summed E-state index contributed by atoms with van der Waals surface area (Å²) in [5, 5.41) is 3.32. The molecule has 0 aromatic heterocycles. The first-order valence-electron chi connectivity index (χ1n) is 7.87. The third kappa shape index (κ3) is 2.62. The molecule has 1 amide bonds. The Morgan fingerprint density at radius 1 is 1.36 bits per heavy atom. The van der Waals surface area contributed by atoms with Gasteiger partial charge in [0.25, 0.3) is 0 Å². The maximum Gasteiger partial charge on any atom is 0.226 e. The number of benzene rings is 1. The second-order valence-corrected chi connectivity index (χ2v) is 6.66. The van der Waals surface area contributed by atoms with Crippen molar-refractivity contribution in [2.75, 3.05) is 20.1 Å². The lowest BCUT2D eigenvalue weighted by molar-refractivity contribution is -0.134. The number of carbonyl (C=O) groups excluding carboxylic acids is 1. The van der Waals surface area contributed by atoms with E-state index in [1.807, 2.05) is 0 Å². The molecule has 1 spiro atoms. The summed E-state index contributed by atoms with van der Waals surface area (Å²) in [4.78, 5) is 14.2. The van der Waals surface area contributed by atoms with Gasteiger partial charge in [-0.1, -0.05) is 0 Å². The van der Waals surface area contributed by atoms with Gasteiger partial charge in [-0.3, -0.25) is 4.79 Å². The fourth-order valence-electron chi connectivity index (χ4n) is 3.65. The molecule has 2 aliphatic rings. The van der Waals surface area contributed by atoms with Gasteiger partial charge in [0.05, 0.1) is 6.04 Å². The molecule has 2 atom stereocenters. The van der Waals surface area contributed by atoms with Crippen molar-refractivity contribution in [1.29, 1.82) is 0 Å². The van der Waals surface area contributed by atoms with Crippen molar-refractivity contribution in [2.45, 2.75) is 32.2 Å². The van der Waals surface area contributed by atoms with Crippen LogP contribution in [-0.4, -0.2) is 30.9 Å². The highest BCUT2D eigenvalue weighted by atomic mass is 19.1. The van der Waals surface area contributed by atoms with Crippen LogP contribution in [0.5, 0.6) is 0 Å². The Kier molecular flexibility index (Phi) is 3.93. The Morgan fingerprint density at radius 3 is 2.73 bits per heavy atom. The maximum atomic E-state index is 13.9. The van der Waals surface area contributed by atoms with E-state index in [9.17, 15) is 13.6 Å². The molecule has 1 aliphatic carbocycles. The molecule has 0 unspecified atom stereocenters. The van der Waals surface area contributed by atoms with Crippen LogP contribution in [0, 0.1) is 23.0 Å². The Labute approximate surface area is 129 Å². The van der Waals surface area contributed by atoms with Gasteiger partial charge < -0.3 is 10.2 Å². The average Bonchev–Trinajstić information content (AvgIpc) is 3.21. The summed E-state index contributed by atoms with van der Waals surface area (Å²) in [6.45, 7) is 3.66. The Balaban J connectivity index is 1.72. The zero-order valence-corrected chi connectivity index (χ0v) is 13.0. The molecule has 1 heterocycles. The summed E-state index contributed by atoms with van der Waals surface area (Å²) in [6.07, 6.45) is 2.98. The van der Waals surface area contributed by atoms with Crippen molar-refractivity contribution < 1.29 is 13.6 Å². The molecule has 2 fully saturated rings. The van der Waals surface area contributed by atoms with E-state index in [1.165, 1.54) is 6.07 Å². The largest absolute Gasteiger partial charge is 0.339 e. The molecule has 120 valence electrons. The molecular formula is C17H22F2N2O. The van der Waals surface area contributed by atoms with Crippen molar-refractivity contribution in [2.24, 2.45) is 11.3 Å². The van der Waals surface area contributed by atoms with Crippen molar-refractivity contribution in [3.05, 3.63) is 35.4 Å². The first-order chi connectivity index (χ1) is 10.4. The molecule has 1 N–H and O–H groups in total. The van der Waals surface area contributed by atoms with Crippen LogP contribution < -0.4 is 5.32 Å². The summed E-state index contributed by atoms with van der Waals surface area (Å²) >= 11 is 0. The maximum absolute atomic E-state index is 13.9. The highest BCUT2D eigenvalue weighted by Gasteiger charge is 2.58. The average molecular weight is 308 g/mol. The first kappa shape index (κ1) is 15.4. The van der Waals surface area contributed by atoms with E-state index in [2.05, 4.69) is 5.32 Å². The van der Waals surface area contributed by atoms with Crippen LogP contribution in [0.2, 0.25) is 0 Å². The number of rotatable bonds is 3. The summed E-state index contributed by atoms with van der Waals surface area (Å²) in [5.74, 6) is -0.858. The Morgan fingerprint density at radius 2 is 2.05 bits per heavy atom. The third-order valence-electron chi connectivity index (χ3n) is 5.42. The van der Waals surface area contributed by atoms with E-state index in [4.69, 9.17) is 0 Å². The predicted molar refractivity (Wildman–Crippen MR) is 80.2 cm³/mol. The zero-order chi connectivity index (χ0) is 15.9. The highest BCUT2D eigenvalue weighted by molar-refractivity contribution is 5.83. The molecule has 1 aliphatic heterocycles. The fraction of sp³-hybridized carbons (Fsp3) is 0.588. The van der Waals surface area contributed by atoms with Crippen molar-refractivity contribution >= 4 is 5.91 Å². The minimum absolute atomic E-state index is 0.0404. The SMILES string of the molecule is C[C@H](c1cc(F)ccc1F)N(C)C(=O)[C@H]1CC12CCNCC2. The summed E-state index contributed by atoms with van der Waals surface area (Å²) < 4.78 is 27.2. The van der Waals surface area contributed by atoms with Crippen molar-refractivity contribution in [3.8, 4) is 0 Å². The lowest BCUT2D eigenvalue weighted by Gasteiger charge is -2.28. The van der Waals surface area contributed by atoms with Crippen molar-refractivity contribution in [3.63, 3.8) is 0 Å². The van der Waals surface area contributed by atoms with Gasteiger partial charge in [-0.05, 0) is 62.9 Å². The molecular weight excluding hydrogens is 286 g/mol. The van der Waals surface area contributed by atoms with Crippen LogP contribution in [0.1, 0.15) is 37.8 Å². The molecule has 1 aromatic rings. The smallest absolute Gasteiger partial charge is 0.226 e. The van der Waals surface area contributed by atoms with Gasteiger partial charge in [-0.2, -0.15) is 0 Å². The van der Waals surface area contributed by atoms with Crippen LogP contribution in [0.15, 0.2) is 18.2 Å². The van der Waals surface area contributed by atoms with Crippen LogP contribution in [0.3, 0.4) is 0 Å². The summed E-state index contributed by atoms with van der Waals surface area (Å²) in [7, 11) is 1.68. The molecule has 0 radical (unpaired) electrons. The number of hydrogen-bond donors (Lipinski definition) is 1. The second-order valence-electron chi connectivity index (χ2n) is 6.66. The van der Waals surface area contributed by atoms with E-state index in [0.29, 0.717) is 0 Å². The van der Waals surface area contributed by atoms with E-state index in [1.54, 1.807) is 18.9 Å². The fourth-order valence-corrected chi connectivity index (χ4v) is 3.65. The van der Waals surface area contributed by atoms with Gasteiger partial charge in [0.15, 0.2) is 0 Å². The Hall–Kier alpha value is -1.49. The van der Waals surface area contributed by atoms with Crippen molar-refractivity contribution in [1.82, 2.24) is 10.2 Å². The summed E-state index contributed by atoms with van der Waals surface area (Å²) in [5.41, 5.74) is 0.382. The molecule has 5 heteroatoms. The van der Waals surface area contributed by atoms with E-state index in [-0.39, 0.29) is 22.8 Å². The highest BCUT2D eigenvalue weighted by Crippen LogP contribution is 2.59. The molecule has 1 saturated heterocycles. The zero-order valence-electron chi connectivity index (χ0n) is 13.0. The van der Waals surface area contributed by atoms with E-state index >= 15 is 0 Å². The third-order valence-corrected chi connectivity index (χ3v) is 5.42. The number of piperidine rings is 1. The van der Waals surface area contributed by atoms with Gasteiger partial charge in [-0.25, -0.2) is 8.78 Å². The quantitative estimate of drug-likeness (QED) is 0.931. The molecule has 1 aromatic carbocycles. The van der Waals surface area contributed by atoms with Crippen LogP contribution in [-0.2, 0) is 4.79 Å². The van der Waals surface area contributed by atoms with Gasteiger partial charge in [0.1, 0.15) is 11.6 Å². The number of carbonyl (C=O) groups is 1. The second kappa shape index (κ2) is 5.61. The van der Waals surface area contributed by atoms with Crippen LogP contribution >= 0.6 is 0 Å². The lowest BCUT2D eigenvalue weighted by Crippen LogP contribution is -2.36. The number of amides is 1. The van der Waals surface area contributed by atoms with E-state index in [0.717, 1.165) is 44.5 Å². The van der Waals surface area contributed by atoms with Gasteiger partial charge >= 0.3 is 0 Å². The molecule has 0 bridgehead atoms. The number of nitrogens with zero attached hydrogens (tertiary/aromatic N) is 1. The minimum Gasteiger partial charge on any atom is -0.339 e. The normalized spacial score (nSPS) is 24.1.